The fourth-order valence-corrected chi connectivity index (χ4v) is 1.88. The zero-order valence-corrected chi connectivity index (χ0v) is 10.4. The van der Waals surface area contributed by atoms with Crippen molar-refractivity contribution in [3.63, 3.8) is 0 Å². The Morgan fingerprint density at radius 1 is 1.25 bits per heavy atom. The lowest BCUT2D eigenvalue weighted by Gasteiger charge is -2.32. The van der Waals surface area contributed by atoms with Gasteiger partial charge in [0.05, 0.1) is 6.20 Å². The van der Waals surface area contributed by atoms with Crippen molar-refractivity contribution >= 4 is 0 Å². The van der Waals surface area contributed by atoms with Crippen molar-refractivity contribution in [3.05, 3.63) is 17.5 Å². The molecule has 0 aromatic carbocycles. The molecule has 0 bridgehead atoms. The fourth-order valence-electron chi connectivity index (χ4n) is 1.88. The van der Waals surface area contributed by atoms with Crippen LogP contribution in [-0.2, 0) is 13.6 Å². The Bertz CT molecular complexity index is 338. The summed E-state index contributed by atoms with van der Waals surface area (Å²) in [7, 11) is 4.15. The normalized spacial score (nSPS) is 19.2. The number of aryl methyl sites for hydroxylation is 1. The van der Waals surface area contributed by atoms with Gasteiger partial charge in [0, 0.05) is 51.0 Å². The van der Waals surface area contributed by atoms with E-state index in [1.807, 2.05) is 17.9 Å². The van der Waals surface area contributed by atoms with Gasteiger partial charge in [-0.15, -0.1) is 0 Å². The number of hydrazine groups is 1. The van der Waals surface area contributed by atoms with E-state index in [1.165, 1.54) is 11.3 Å². The van der Waals surface area contributed by atoms with Gasteiger partial charge < -0.3 is 4.90 Å². The fraction of sp³-hybridized carbons (Fsp3) is 0.727. The average Bonchev–Trinajstić information content (AvgIpc) is 2.60. The second-order valence-corrected chi connectivity index (χ2v) is 4.50. The van der Waals surface area contributed by atoms with Crippen molar-refractivity contribution in [1.29, 1.82) is 0 Å². The van der Waals surface area contributed by atoms with Crippen LogP contribution in [0.3, 0.4) is 0 Å². The molecule has 1 N–H and O–H groups in total. The Kier molecular flexibility index (Phi) is 3.58. The topological polar surface area (TPSA) is 36.3 Å². The number of hydrogen-bond acceptors (Lipinski definition) is 4. The van der Waals surface area contributed by atoms with Crippen molar-refractivity contribution in [2.24, 2.45) is 7.05 Å². The summed E-state index contributed by atoms with van der Waals surface area (Å²) in [5.74, 6) is 0. The molecule has 2 heterocycles. The molecule has 5 heteroatoms. The number of hydrogen-bond donors (Lipinski definition) is 1. The Morgan fingerprint density at radius 2 is 1.94 bits per heavy atom. The van der Waals surface area contributed by atoms with E-state index < -0.39 is 0 Å². The van der Waals surface area contributed by atoms with Crippen LogP contribution in [0.2, 0.25) is 0 Å². The zero-order chi connectivity index (χ0) is 11.5. The molecule has 1 fully saturated rings. The quantitative estimate of drug-likeness (QED) is 0.781. The minimum Gasteiger partial charge on any atom is -0.304 e. The van der Waals surface area contributed by atoms with Gasteiger partial charge >= 0.3 is 0 Å². The highest BCUT2D eigenvalue weighted by atomic mass is 15.5. The van der Waals surface area contributed by atoms with Crippen LogP contribution in [0.4, 0.5) is 0 Å². The second-order valence-electron chi connectivity index (χ2n) is 4.50. The summed E-state index contributed by atoms with van der Waals surface area (Å²) in [4.78, 5) is 2.35. The highest BCUT2D eigenvalue weighted by molar-refractivity contribution is 5.15. The smallest absolute Gasteiger partial charge is 0.0538 e. The van der Waals surface area contributed by atoms with Gasteiger partial charge in [0.25, 0.3) is 0 Å². The maximum absolute atomic E-state index is 4.24. The number of likely N-dealkylation sites (N-methyl/N-ethyl adjacent to an activating group) is 1. The first-order valence-electron chi connectivity index (χ1n) is 5.81. The minimum atomic E-state index is 0.878. The van der Waals surface area contributed by atoms with Crippen molar-refractivity contribution in [2.75, 3.05) is 33.2 Å². The molecule has 90 valence electrons. The molecule has 1 saturated heterocycles. The van der Waals surface area contributed by atoms with E-state index in [-0.39, 0.29) is 0 Å². The van der Waals surface area contributed by atoms with Gasteiger partial charge in [0.2, 0.25) is 0 Å². The number of piperazine rings is 1. The van der Waals surface area contributed by atoms with Crippen LogP contribution >= 0.6 is 0 Å². The van der Waals surface area contributed by atoms with E-state index in [2.05, 4.69) is 34.4 Å². The zero-order valence-electron chi connectivity index (χ0n) is 10.4. The monoisotopic (exact) mass is 223 g/mol. The summed E-state index contributed by atoms with van der Waals surface area (Å²) in [6.45, 7) is 7.45. The first-order valence-corrected chi connectivity index (χ1v) is 5.81. The lowest BCUT2D eigenvalue weighted by atomic mass is 10.2. The maximum Gasteiger partial charge on any atom is 0.0538 e. The molecule has 1 aromatic heterocycles. The molecule has 0 unspecified atom stereocenters. The van der Waals surface area contributed by atoms with Crippen LogP contribution in [0.5, 0.6) is 0 Å². The lowest BCUT2D eigenvalue weighted by Crippen LogP contribution is -2.50. The van der Waals surface area contributed by atoms with Crippen LogP contribution in [0.15, 0.2) is 6.20 Å². The van der Waals surface area contributed by atoms with Gasteiger partial charge in [0.15, 0.2) is 0 Å². The summed E-state index contributed by atoms with van der Waals surface area (Å²) >= 11 is 0. The Hall–Kier alpha value is -0.910. The highest BCUT2D eigenvalue weighted by Crippen LogP contribution is 2.05. The molecular formula is C11H21N5. The Morgan fingerprint density at radius 3 is 2.50 bits per heavy atom. The number of rotatable bonds is 3. The van der Waals surface area contributed by atoms with Crippen molar-refractivity contribution in [3.8, 4) is 0 Å². The standard InChI is InChI=1S/C11H21N5/c1-10-11(8-12-15(10)3)9-13-16-6-4-14(2)5-7-16/h8,13H,4-7,9H2,1-3H3. The molecule has 0 saturated carbocycles. The van der Waals surface area contributed by atoms with Crippen LogP contribution < -0.4 is 5.43 Å². The van der Waals surface area contributed by atoms with Gasteiger partial charge in [-0.1, -0.05) is 0 Å². The molecular weight excluding hydrogens is 202 g/mol. The number of nitrogens with one attached hydrogen (secondary N) is 1. The van der Waals surface area contributed by atoms with Gasteiger partial charge in [-0.05, 0) is 14.0 Å². The Labute approximate surface area is 97.0 Å². The van der Waals surface area contributed by atoms with E-state index in [0.29, 0.717) is 0 Å². The first kappa shape index (κ1) is 11.6. The molecule has 1 aromatic rings. The van der Waals surface area contributed by atoms with Gasteiger partial charge in [-0.3, -0.25) is 10.1 Å². The van der Waals surface area contributed by atoms with Gasteiger partial charge in [-0.25, -0.2) is 5.01 Å². The largest absolute Gasteiger partial charge is 0.304 e. The molecule has 16 heavy (non-hydrogen) atoms. The number of nitrogens with zero attached hydrogens (tertiary/aromatic N) is 4. The Balaban J connectivity index is 1.81. The first-order chi connectivity index (χ1) is 7.66. The van der Waals surface area contributed by atoms with Crippen LogP contribution in [0.1, 0.15) is 11.3 Å². The van der Waals surface area contributed by atoms with E-state index in [4.69, 9.17) is 0 Å². The van der Waals surface area contributed by atoms with Crippen molar-refractivity contribution in [2.45, 2.75) is 13.5 Å². The predicted octanol–water partition coefficient (Wildman–Crippen LogP) is -0.0195. The average molecular weight is 223 g/mol. The van der Waals surface area contributed by atoms with Crippen LogP contribution in [0, 0.1) is 6.92 Å². The molecule has 2 rings (SSSR count). The maximum atomic E-state index is 4.24. The van der Waals surface area contributed by atoms with E-state index in [1.54, 1.807) is 0 Å². The molecule has 0 spiro atoms. The second kappa shape index (κ2) is 4.95. The molecule has 5 nitrogen and oxygen atoms in total. The van der Waals surface area contributed by atoms with Gasteiger partial charge in [-0.2, -0.15) is 5.10 Å². The molecule has 0 atom stereocenters. The third-order valence-corrected chi connectivity index (χ3v) is 3.33. The summed E-state index contributed by atoms with van der Waals surface area (Å²) < 4.78 is 1.92. The SMILES string of the molecule is Cc1c(CNN2CCN(C)CC2)cnn1C. The summed E-state index contributed by atoms with van der Waals surface area (Å²) in [6, 6.07) is 0. The summed E-state index contributed by atoms with van der Waals surface area (Å²) in [5.41, 5.74) is 5.98. The predicted molar refractivity (Wildman–Crippen MR) is 63.9 cm³/mol. The molecule has 0 aliphatic carbocycles. The third kappa shape index (κ3) is 2.61. The van der Waals surface area contributed by atoms with E-state index in [0.717, 1.165) is 32.7 Å². The minimum absolute atomic E-state index is 0.878. The lowest BCUT2D eigenvalue weighted by molar-refractivity contribution is 0.102. The van der Waals surface area contributed by atoms with Crippen LogP contribution in [0.25, 0.3) is 0 Å². The number of aromatic nitrogens is 2. The molecule has 1 aliphatic rings. The van der Waals surface area contributed by atoms with E-state index >= 15 is 0 Å². The molecule has 1 aliphatic heterocycles. The molecule has 0 amide bonds. The van der Waals surface area contributed by atoms with E-state index in [9.17, 15) is 0 Å². The third-order valence-electron chi connectivity index (χ3n) is 3.33. The van der Waals surface area contributed by atoms with Crippen LogP contribution in [-0.4, -0.2) is 52.9 Å². The summed E-state index contributed by atoms with van der Waals surface area (Å²) in [5, 5.41) is 6.54. The van der Waals surface area contributed by atoms with Gasteiger partial charge in [0.1, 0.15) is 0 Å². The molecule has 0 radical (unpaired) electrons. The summed E-state index contributed by atoms with van der Waals surface area (Å²) in [6.07, 6.45) is 1.94. The highest BCUT2D eigenvalue weighted by Gasteiger charge is 2.13. The van der Waals surface area contributed by atoms with Crippen molar-refractivity contribution < 1.29 is 0 Å². The van der Waals surface area contributed by atoms with Crippen molar-refractivity contribution in [1.82, 2.24) is 25.1 Å².